The minimum absolute atomic E-state index is 0.912. The molecule has 0 atom stereocenters. The molecule has 0 spiro atoms. The summed E-state index contributed by atoms with van der Waals surface area (Å²) in [6, 6.07) is 4.24. The first-order chi connectivity index (χ1) is 6.24. The summed E-state index contributed by atoms with van der Waals surface area (Å²) in [6.45, 7) is 4.26. The highest BCUT2D eigenvalue weighted by atomic mass is 35.5. The monoisotopic (exact) mass is 210 g/mol. The quantitative estimate of drug-likeness (QED) is 0.654. The molecule has 2 rings (SSSR count). The van der Waals surface area contributed by atoms with Crippen LogP contribution in [0.2, 0.25) is 5.02 Å². The first-order valence-corrected chi connectivity index (χ1v) is 5.65. The molecule has 0 N–H and O–H groups in total. The maximum atomic E-state index is 6.17. The molecule has 0 aliphatic carbocycles. The number of hydrogen-bond donors (Lipinski definition) is 0. The van der Waals surface area contributed by atoms with Crippen molar-refractivity contribution in [2.75, 3.05) is 0 Å². The maximum Gasteiger partial charge on any atom is 0.0455 e. The largest absolute Gasteiger partial charge is 0.143 e. The average molecular weight is 211 g/mol. The second kappa shape index (κ2) is 3.32. The number of halogens is 1. The van der Waals surface area contributed by atoms with Crippen LogP contribution in [-0.4, -0.2) is 0 Å². The van der Waals surface area contributed by atoms with Gasteiger partial charge >= 0.3 is 0 Å². The highest BCUT2D eigenvalue weighted by Gasteiger charge is 2.07. The van der Waals surface area contributed by atoms with Crippen LogP contribution in [-0.2, 0) is 6.42 Å². The van der Waals surface area contributed by atoms with Crippen LogP contribution in [0.25, 0.3) is 10.1 Å². The van der Waals surface area contributed by atoms with E-state index in [9.17, 15) is 0 Å². The number of benzene rings is 1. The van der Waals surface area contributed by atoms with Crippen molar-refractivity contribution in [2.45, 2.75) is 20.3 Å². The van der Waals surface area contributed by atoms with Crippen molar-refractivity contribution in [3.63, 3.8) is 0 Å². The topological polar surface area (TPSA) is 0 Å². The summed E-state index contributed by atoms with van der Waals surface area (Å²) in [5.41, 5.74) is 2.57. The SMILES string of the molecule is CCc1c(Cl)cc(C)c2ccsc12. The molecule has 0 aliphatic heterocycles. The van der Waals surface area contributed by atoms with E-state index in [1.54, 1.807) is 11.3 Å². The zero-order valence-electron chi connectivity index (χ0n) is 7.73. The Balaban J connectivity index is 2.88. The third-order valence-electron chi connectivity index (χ3n) is 2.35. The first-order valence-electron chi connectivity index (χ1n) is 4.39. The van der Waals surface area contributed by atoms with Gasteiger partial charge in [-0.25, -0.2) is 0 Å². The van der Waals surface area contributed by atoms with Crippen molar-refractivity contribution in [1.29, 1.82) is 0 Å². The molecule has 0 nitrogen and oxygen atoms in total. The highest BCUT2D eigenvalue weighted by Crippen LogP contribution is 2.33. The van der Waals surface area contributed by atoms with E-state index < -0.39 is 0 Å². The maximum absolute atomic E-state index is 6.17. The average Bonchev–Trinajstić information content (AvgIpc) is 2.53. The van der Waals surface area contributed by atoms with Gasteiger partial charge in [-0.3, -0.25) is 0 Å². The molecule has 2 aromatic rings. The van der Waals surface area contributed by atoms with Crippen molar-refractivity contribution in [2.24, 2.45) is 0 Å². The van der Waals surface area contributed by atoms with Crippen LogP contribution in [0.3, 0.4) is 0 Å². The van der Waals surface area contributed by atoms with E-state index >= 15 is 0 Å². The summed E-state index contributed by atoms with van der Waals surface area (Å²) in [4.78, 5) is 0. The molecular formula is C11H11ClS. The van der Waals surface area contributed by atoms with E-state index in [0.717, 1.165) is 11.4 Å². The molecule has 13 heavy (non-hydrogen) atoms. The van der Waals surface area contributed by atoms with Crippen molar-refractivity contribution >= 4 is 33.0 Å². The number of hydrogen-bond acceptors (Lipinski definition) is 1. The Bertz CT molecular complexity index is 443. The summed E-state index contributed by atoms with van der Waals surface area (Å²) in [5.74, 6) is 0. The van der Waals surface area contributed by atoms with E-state index in [1.165, 1.54) is 21.2 Å². The van der Waals surface area contributed by atoms with Crippen molar-refractivity contribution in [3.8, 4) is 0 Å². The lowest BCUT2D eigenvalue weighted by Crippen LogP contribution is -1.84. The fourth-order valence-corrected chi connectivity index (χ4v) is 3.19. The van der Waals surface area contributed by atoms with Gasteiger partial charge in [-0.2, -0.15) is 0 Å². The molecule has 1 aromatic heterocycles. The lowest BCUT2D eigenvalue weighted by molar-refractivity contribution is 1.16. The molecule has 0 amide bonds. The Hall–Kier alpha value is -0.530. The Morgan fingerprint density at radius 1 is 1.46 bits per heavy atom. The van der Waals surface area contributed by atoms with Crippen LogP contribution in [0, 0.1) is 6.92 Å². The van der Waals surface area contributed by atoms with Gasteiger partial charge in [0.05, 0.1) is 0 Å². The molecule has 0 bridgehead atoms. The van der Waals surface area contributed by atoms with Gasteiger partial charge in [0.15, 0.2) is 0 Å². The molecule has 1 aromatic carbocycles. The predicted molar refractivity (Wildman–Crippen MR) is 61.0 cm³/mol. The smallest absolute Gasteiger partial charge is 0.0455 e. The third kappa shape index (κ3) is 1.36. The van der Waals surface area contributed by atoms with Crippen LogP contribution >= 0.6 is 22.9 Å². The molecule has 0 radical (unpaired) electrons. The van der Waals surface area contributed by atoms with Gasteiger partial charge in [-0.1, -0.05) is 18.5 Å². The summed E-state index contributed by atoms with van der Waals surface area (Å²) in [6.07, 6.45) is 1.01. The first kappa shape index (κ1) is 9.04. The number of aryl methyl sites for hydroxylation is 2. The predicted octanol–water partition coefficient (Wildman–Crippen LogP) is 4.43. The van der Waals surface area contributed by atoms with Gasteiger partial charge in [-0.15, -0.1) is 11.3 Å². The third-order valence-corrected chi connectivity index (χ3v) is 3.66. The standard InChI is InChI=1S/C11H11ClS/c1-3-8-10(12)6-7(2)9-4-5-13-11(8)9/h4-6H,3H2,1-2H3. The van der Waals surface area contributed by atoms with Crippen LogP contribution in [0.1, 0.15) is 18.1 Å². The lowest BCUT2D eigenvalue weighted by Gasteiger charge is -2.05. The number of rotatable bonds is 1. The fraction of sp³-hybridized carbons (Fsp3) is 0.273. The van der Waals surface area contributed by atoms with Crippen LogP contribution in [0.5, 0.6) is 0 Å². The Kier molecular flexibility index (Phi) is 2.31. The second-order valence-corrected chi connectivity index (χ2v) is 4.49. The van der Waals surface area contributed by atoms with Crippen LogP contribution < -0.4 is 0 Å². The summed E-state index contributed by atoms with van der Waals surface area (Å²) >= 11 is 7.95. The van der Waals surface area contributed by atoms with Gasteiger partial charge in [-0.05, 0) is 47.4 Å². The summed E-state index contributed by atoms with van der Waals surface area (Å²) < 4.78 is 1.35. The van der Waals surface area contributed by atoms with E-state index in [1.807, 2.05) is 0 Å². The van der Waals surface area contributed by atoms with Crippen molar-refractivity contribution in [1.82, 2.24) is 0 Å². The van der Waals surface area contributed by atoms with E-state index in [-0.39, 0.29) is 0 Å². The van der Waals surface area contributed by atoms with Crippen LogP contribution in [0.15, 0.2) is 17.5 Å². The molecule has 2 heteroatoms. The van der Waals surface area contributed by atoms with Gasteiger partial charge in [0, 0.05) is 9.72 Å². The molecular weight excluding hydrogens is 200 g/mol. The summed E-state index contributed by atoms with van der Waals surface area (Å²) in [5, 5.41) is 4.40. The number of fused-ring (bicyclic) bond motifs is 1. The fourth-order valence-electron chi connectivity index (χ4n) is 1.65. The highest BCUT2D eigenvalue weighted by molar-refractivity contribution is 7.17. The molecule has 0 aliphatic rings. The molecule has 0 unspecified atom stereocenters. The second-order valence-electron chi connectivity index (χ2n) is 3.17. The minimum atomic E-state index is 0.912. The molecule has 0 fully saturated rings. The van der Waals surface area contributed by atoms with Gasteiger partial charge in [0.2, 0.25) is 0 Å². The molecule has 0 saturated heterocycles. The van der Waals surface area contributed by atoms with Gasteiger partial charge in [0.1, 0.15) is 0 Å². The molecule has 1 heterocycles. The van der Waals surface area contributed by atoms with Crippen LogP contribution in [0.4, 0.5) is 0 Å². The summed E-state index contributed by atoms with van der Waals surface area (Å²) in [7, 11) is 0. The van der Waals surface area contributed by atoms with Crippen molar-refractivity contribution < 1.29 is 0 Å². The Morgan fingerprint density at radius 3 is 2.92 bits per heavy atom. The molecule has 0 saturated carbocycles. The minimum Gasteiger partial charge on any atom is -0.143 e. The van der Waals surface area contributed by atoms with E-state index in [0.29, 0.717) is 0 Å². The zero-order chi connectivity index (χ0) is 9.42. The zero-order valence-corrected chi connectivity index (χ0v) is 9.30. The lowest BCUT2D eigenvalue weighted by atomic mass is 10.1. The Morgan fingerprint density at radius 2 is 2.23 bits per heavy atom. The van der Waals surface area contributed by atoms with Crippen molar-refractivity contribution in [3.05, 3.63) is 33.7 Å². The Labute approximate surface area is 87.2 Å². The normalized spacial score (nSPS) is 11.0. The molecule has 68 valence electrons. The number of thiophene rings is 1. The van der Waals surface area contributed by atoms with Gasteiger partial charge in [0.25, 0.3) is 0 Å². The van der Waals surface area contributed by atoms with Gasteiger partial charge < -0.3 is 0 Å². The van der Waals surface area contributed by atoms with E-state index in [4.69, 9.17) is 11.6 Å². The van der Waals surface area contributed by atoms with E-state index in [2.05, 4.69) is 31.4 Å².